The molecule has 3 nitrogen and oxygen atoms in total. The summed E-state index contributed by atoms with van der Waals surface area (Å²) in [4.78, 5) is 2.52. The first-order chi connectivity index (χ1) is 8.81. The maximum Gasteiger partial charge on any atom is 0.123 e. The number of para-hydroxylation sites is 1. The van der Waals surface area contributed by atoms with Crippen molar-refractivity contribution < 1.29 is 4.74 Å². The van der Waals surface area contributed by atoms with Crippen molar-refractivity contribution in [1.82, 2.24) is 4.90 Å². The molecule has 100 valence electrons. The van der Waals surface area contributed by atoms with Crippen LogP contribution in [0.2, 0.25) is 0 Å². The lowest BCUT2D eigenvalue weighted by atomic mass is 10.0. The van der Waals surface area contributed by atoms with Crippen molar-refractivity contribution in [3.05, 3.63) is 29.8 Å². The highest BCUT2D eigenvalue weighted by Gasteiger charge is 2.17. The third-order valence-electron chi connectivity index (χ3n) is 3.77. The molecule has 0 aromatic heterocycles. The quantitative estimate of drug-likeness (QED) is 0.869. The highest BCUT2D eigenvalue weighted by Crippen LogP contribution is 2.18. The number of nitrogens with zero attached hydrogens (tertiary/aromatic N) is 1. The summed E-state index contributed by atoms with van der Waals surface area (Å²) in [5, 5.41) is 0. The molecule has 0 aliphatic carbocycles. The summed E-state index contributed by atoms with van der Waals surface area (Å²) in [5.74, 6) is 0.935. The third-order valence-corrected chi connectivity index (χ3v) is 3.77. The molecule has 0 radical (unpaired) electrons. The van der Waals surface area contributed by atoms with Gasteiger partial charge in [0.25, 0.3) is 0 Å². The zero-order chi connectivity index (χ0) is 12.8. The predicted octanol–water partition coefficient (Wildman–Crippen LogP) is 2.40. The molecule has 1 aliphatic heterocycles. The minimum atomic E-state index is 0.538. The molecule has 18 heavy (non-hydrogen) atoms. The lowest BCUT2D eigenvalue weighted by Gasteiger charge is -2.33. The third kappa shape index (κ3) is 3.47. The fourth-order valence-corrected chi connectivity index (χ4v) is 2.58. The van der Waals surface area contributed by atoms with Crippen LogP contribution in [-0.4, -0.2) is 30.6 Å². The van der Waals surface area contributed by atoms with Crippen molar-refractivity contribution in [3.63, 3.8) is 0 Å². The molecule has 1 heterocycles. The molecule has 3 heteroatoms. The van der Waals surface area contributed by atoms with Gasteiger partial charge in [-0.25, -0.2) is 0 Å². The Hall–Kier alpha value is -1.06. The van der Waals surface area contributed by atoms with Crippen LogP contribution in [0.4, 0.5) is 0 Å². The van der Waals surface area contributed by atoms with Gasteiger partial charge in [-0.3, -0.25) is 4.90 Å². The number of piperidine rings is 1. The van der Waals surface area contributed by atoms with E-state index in [9.17, 15) is 0 Å². The summed E-state index contributed by atoms with van der Waals surface area (Å²) in [6.07, 6.45) is 4.01. The fraction of sp³-hybridized carbons (Fsp3) is 0.600. The molecule has 0 saturated carbocycles. The van der Waals surface area contributed by atoms with Crippen molar-refractivity contribution >= 4 is 0 Å². The molecule has 1 unspecified atom stereocenters. The number of likely N-dealkylation sites (tertiary alicyclic amines) is 1. The van der Waals surface area contributed by atoms with E-state index in [0.717, 1.165) is 24.5 Å². The van der Waals surface area contributed by atoms with Crippen LogP contribution in [0.15, 0.2) is 24.3 Å². The van der Waals surface area contributed by atoms with E-state index in [2.05, 4.69) is 11.8 Å². The average molecular weight is 248 g/mol. The monoisotopic (exact) mass is 248 g/mol. The van der Waals surface area contributed by atoms with Gasteiger partial charge in [0.1, 0.15) is 12.4 Å². The topological polar surface area (TPSA) is 38.5 Å². The SMILES string of the molecule is CC1CCCCN1CCOc1ccccc1CN. The predicted molar refractivity (Wildman–Crippen MR) is 74.7 cm³/mol. The molecule has 1 aliphatic rings. The van der Waals surface area contributed by atoms with Gasteiger partial charge in [0.05, 0.1) is 0 Å². The summed E-state index contributed by atoms with van der Waals surface area (Å²) in [7, 11) is 0. The lowest BCUT2D eigenvalue weighted by Crippen LogP contribution is -2.39. The van der Waals surface area contributed by atoms with Crippen LogP contribution in [0.3, 0.4) is 0 Å². The van der Waals surface area contributed by atoms with Gasteiger partial charge in [-0.05, 0) is 32.4 Å². The Kier molecular flexibility index (Phi) is 5.02. The van der Waals surface area contributed by atoms with E-state index in [0.29, 0.717) is 12.6 Å². The number of rotatable bonds is 5. The molecular weight excluding hydrogens is 224 g/mol. The van der Waals surface area contributed by atoms with Crippen LogP contribution >= 0.6 is 0 Å². The van der Waals surface area contributed by atoms with Gasteiger partial charge in [-0.15, -0.1) is 0 Å². The molecule has 2 N–H and O–H groups in total. The highest BCUT2D eigenvalue weighted by atomic mass is 16.5. The Morgan fingerprint density at radius 2 is 2.17 bits per heavy atom. The minimum Gasteiger partial charge on any atom is -0.492 e. The van der Waals surface area contributed by atoms with Crippen LogP contribution in [-0.2, 0) is 6.54 Å². The van der Waals surface area contributed by atoms with Gasteiger partial charge in [0, 0.05) is 24.7 Å². The number of hydrogen-bond donors (Lipinski definition) is 1. The molecule has 1 fully saturated rings. The second-order valence-corrected chi connectivity index (χ2v) is 5.04. The van der Waals surface area contributed by atoms with Gasteiger partial charge in [-0.2, -0.15) is 0 Å². The second-order valence-electron chi connectivity index (χ2n) is 5.04. The van der Waals surface area contributed by atoms with Crippen molar-refractivity contribution in [2.24, 2.45) is 5.73 Å². The molecular formula is C15H24N2O. The number of benzene rings is 1. The van der Waals surface area contributed by atoms with E-state index in [1.807, 2.05) is 24.3 Å². The molecule has 1 aromatic rings. The van der Waals surface area contributed by atoms with Gasteiger partial charge < -0.3 is 10.5 Å². The molecule has 0 bridgehead atoms. The van der Waals surface area contributed by atoms with Crippen LogP contribution in [0, 0.1) is 0 Å². The zero-order valence-electron chi connectivity index (χ0n) is 11.3. The Morgan fingerprint density at radius 3 is 2.94 bits per heavy atom. The first-order valence-corrected chi connectivity index (χ1v) is 6.96. The summed E-state index contributed by atoms with van der Waals surface area (Å²) >= 11 is 0. The fourth-order valence-electron chi connectivity index (χ4n) is 2.58. The first-order valence-electron chi connectivity index (χ1n) is 6.96. The van der Waals surface area contributed by atoms with Gasteiger partial charge in [0.2, 0.25) is 0 Å². The van der Waals surface area contributed by atoms with Crippen LogP contribution in [0.25, 0.3) is 0 Å². The van der Waals surface area contributed by atoms with Crippen molar-refractivity contribution in [2.45, 2.75) is 38.8 Å². The number of hydrogen-bond acceptors (Lipinski definition) is 3. The van der Waals surface area contributed by atoms with E-state index in [1.54, 1.807) is 0 Å². The van der Waals surface area contributed by atoms with Crippen LogP contribution < -0.4 is 10.5 Å². The molecule has 0 amide bonds. The maximum atomic E-state index is 5.86. The number of ether oxygens (including phenoxy) is 1. The standard InChI is InChI=1S/C15H24N2O/c1-13-6-4-5-9-17(13)10-11-18-15-8-3-2-7-14(15)12-16/h2-3,7-8,13H,4-6,9-12,16H2,1H3. The Bertz CT molecular complexity index is 367. The molecule has 1 aromatic carbocycles. The van der Waals surface area contributed by atoms with Crippen molar-refractivity contribution in [2.75, 3.05) is 19.7 Å². The average Bonchev–Trinajstić information content (AvgIpc) is 2.41. The van der Waals surface area contributed by atoms with Crippen LogP contribution in [0.5, 0.6) is 5.75 Å². The lowest BCUT2D eigenvalue weighted by molar-refractivity contribution is 0.133. The largest absolute Gasteiger partial charge is 0.492 e. The van der Waals surface area contributed by atoms with Crippen molar-refractivity contribution in [3.8, 4) is 5.75 Å². The first kappa shape index (κ1) is 13.4. The van der Waals surface area contributed by atoms with E-state index in [-0.39, 0.29) is 0 Å². The van der Waals surface area contributed by atoms with Gasteiger partial charge in [-0.1, -0.05) is 24.6 Å². The summed E-state index contributed by atoms with van der Waals surface area (Å²) in [6, 6.07) is 8.73. The molecule has 0 spiro atoms. The Balaban J connectivity index is 1.80. The number of nitrogens with two attached hydrogens (primary N) is 1. The van der Waals surface area contributed by atoms with Crippen molar-refractivity contribution in [1.29, 1.82) is 0 Å². The van der Waals surface area contributed by atoms with Crippen LogP contribution in [0.1, 0.15) is 31.7 Å². The van der Waals surface area contributed by atoms with E-state index in [1.165, 1.54) is 25.8 Å². The summed E-state index contributed by atoms with van der Waals surface area (Å²) in [5.41, 5.74) is 6.78. The summed E-state index contributed by atoms with van der Waals surface area (Å²) in [6.45, 7) is 5.83. The Labute approximate surface area is 110 Å². The van der Waals surface area contributed by atoms with E-state index < -0.39 is 0 Å². The second kappa shape index (κ2) is 6.76. The normalized spacial score (nSPS) is 20.9. The maximum absolute atomic E-state index is 5.86. The minimum absolute atomic E-state index is 0.538. The van der Waals surface area contributed by atoms with Gasteiger partial charge in [0.15, 0.2) is 0 Å². The van der Waals surface area contributed by atoms with E-state index in [4.69, 9.17) is 10.5 Å². The zero-order valence-corrected chi connectivity index (χ0v) is 11.3. The smallest absolute Gasteiger partial charge is 0.123 e. The molecule has 1 saturated heterocycles. The Morgan fingerprint density at radius 1 is 1.33 bits per heavy atom. The van der Waals surface area contributed by atoms with Gasteiger partial charge >= 0.3 is 0 Å². The molecule has 1 atom stereocenters. The summed E-state index contributed by atoms with van der Waals surface area (Å²) < 4.78 is 5.86. The highest BCUT2D eigenvalue weighted by molar-refractivity contribution is 5.32. The van der Waals surface area contributed by atoms with E-state index >= 15 is 0 Å². The molecule has 2 rings (SSSR count).